The highest BCUT2D eigenvalue weighted by molar-refractivity contribution is 5.84. The topological polar surface area (TPSA) is 44.1 Å². The highest BCUT2D eigenvalue weighted by atomic mass is 16.2. The molecule has 12 heavy (non-hydrogen) atoms. The third kappa shape index (κ3) is 2.39. The lowest BCUT2D eigenvalue weighted by Crippen LogP contribution is -2.37. The summed E-state index contributed by atoms with van der Waals surface area (Å²) in [6, 6.07) is 1.95. The fourth-order valence-electron chi connectivity index (χ4n) is 0.802. The largest absolute Gasteiger partial charge is 0.341 e. The van der Waals surface area contributed by atoms with Gasteiger partial charge >= 0.3 is 0 Å². The van der Waals surface area contributed by atoms with E-state index in [1.54, 1.807) is 27.0 Å². The Morgan fingerprint density at radius 2 is 2.25 bits per heavy atom. The van der Waals surface area contributed by atoms with Gasteiger partial charge < -0.3 is 4.90 Å². The third-order valence-corrected chi connectivity index (χ3v) is 1.56. The molecule has 1 amide bonds. The molecule has 0 saturated heterocycles. The Morgan fingerprint density at radius 3 is 2.58 bits per heavy atom. The molecule has 0 aliphatic rings. The number of carbonyl (C=O) groups is 1. The van der Waals surface area contributed by atoms with Gasteiger partial charge in [0.25, 0.3) is 0 Å². The van der Waals surface area contributed by atoms with Crippen molar-refractivity contribution in [3.63, 3.8) is 0 Å². The van der Waals surface area contributed by atoms with Gasteiger partial charge in [0.1, 0.15) is 5.41 Å². The smallest absolute Gasteiger partial charge is 0.242 e. The maximum Gasteiger partial charge on any atom is 0.242 e. The van der Waals surface area contributed by atoms with Gasteiger partial charge in [-0.15, -0.1) is 6.58 Å². The highest BCUT2D eigenvalue weighted by Crippen LogP contribution is 2.15. The average Bonchev–Trinajstić information content (AvgIpc) is 2.03. The van der Waals surface area contributed by atoms with Crippen molar-refractivity contribution in [2.75, 3.05) is 13.6 Å². The minimum Gasteiger partial charge on any atom is -0.341 e. The normalized spacial score (nSPS) is 10.2. The van der Waals surface area contributed by atoms with Gasteiger partial charge in [0.05, 0.1) is 6.07 Å². The van der Waals surface area contributed by atoms with Crippen LogP contribution in [0, 0.1) is 16.7 Å². The molecule has 0 aliphatic heterocycles. The molecule has 0 N–H and O–H groups in total. The fourth-order valence-corrected chi connectivity index (χ4v) is 0.802. The number of nitrogens with zero attached hydrogens (tertiary/aromatic N) is 2. The van der Waals surface area contributed by atoms with Gasteiger partial charge in [-0.25, -0.2) is 0 Å². The third-order valence-electron chi connectivity index (χ3n) is 1.56. The Kier molecular flexibility index (Phi) is 3.49. The summed E-state index contributed by atoms with van der Waals surface area (Å²) in [4.78, 5) is 12.9. The molecule has 0 aliphatic carbocycles. The molecular formula is C9H14N2O. The summed E-state index contributed by atoms with van der Waals surface area (Å²) in [6.07, 6.45) is 1.63. The average molecular weight is 166 g/mol. The van der Waals surface area contributed by atoms with Crippen LogP contribution >= 0.6 is 0 Å². The molecule has 0 saturated carbocycles. The van der Waals surface area contributed by atoms with Crippen LogP contribution < -0.4 is 0 Å². The van der Waals surface area contributed by atoms with E-state index in [-0.39, 0.29) is 5.91 Å². The summed E-state index contributed by atoms with van der Waals surface area (Å²) in [5.41, 5.74) is -0.933. The van der Waals surface area contributed by atoms with E-state index in [1.165, 1.54) is 4.90 Å². The van der Waals surface area contributed by atoms with E-state index < -0.39 is 5.41 Å². The molecule has 0 aromatic rings. The first kappa shape index (κ1) is 10.7. The van der Waals surface area contributed by atoms with E-state index in [4.69, 9.17) is 5.26 Å². The monoisotopic (exact) mass is 166 g/mol. The number of likely N-dealkylation sites (N-methyl/N-ethyl adjacent to an activating group) is 1. The van der Waals surface area contributed by atoms with Gasteiger partial charge in [0.2, 0.25) is 5.91 Å². The van der Waals surface area contributed by atoms with Crippen LogP contribution in [0.3, 0.4) is 0 Å². The first-order valence-corrected chi connectivity index (χ1v) is 3.73. The highest BCUT2D eigenvalue weighted by Gasteiger charge is 2.29. The lowest BCUT2D eigenvalue weighted by molar-refractivity contribution is -0.135. The van der Waals surface area contributed by atoms with E-state index in [0.717, 1.165) is 0 Å². The van der Waals surface area contributed by atoms with Crippen LogP contribution in [0.4, 0.5) is 0 Å². The van der Waals surface area contributed by atoms with Gasteiger partial charge in [0.15, 0.2) is 0 Å². The molecule has 0 unspecified atom stereocenters. The van der Waals surface area contributed by atoms with E-state index in [1.807, 2.05) is 6.07 Å². The second-order valence-corrected chi connectivity index (χ2v) is 3.21. The summed E-state index contributed by atoms with van der Waals surface area (Å²) in [6.45, 7) is 7.20. The van der Waals surface area contributed by atoms with Crippen molar-refractivity contribution in [1.29, 1.82) is 5.26 Å². The molecule has 0 rings (SSSR count). The van der Waals surface area contributed by atoms with Crippen LogP contribution in [0.25, 0.3) is 0 Å². The predicted octanol–water partition coefficient (Wildman–Crippen LogP) is 1.18. The zero-order valence-corrected chi connectivity index (χ0v) is 7.79. The minimum atomic E-state index is -0.933. The molecule has 0 radical (unpaired) electrons. The Morgan fingerprint density at radius 1 is 1.75 bits per heavy atom. The van der Waals surface area contributed by atoms with Crippen molar-refractivity contribution in [1.82, 2.24) is 4.90 Å². The predicted molar refractivity (Wildman–Crippen MR) is 47.2 cm³/mol. The molecule has 0 fully saturated rings. The molecule has 0 bridgehead atoms. The SMILES string of the molecule is C=CCN(C)C(=O)C(C)(C)C#N. The minimum absolute atomic E-state index is 0.176. The molecule has 0 heterocycles. The van der Waals surface area contributed by atoms with E-state index in [9.17, 15) is 4.79 Å². The van der Waals surface area contributed by atoms with Gasteiger partial charge in [-0.2, -0.15) is 5.26 Å². The molecule has 3 heteroatoms. The summed E-state index contributed by atoms with van der Waals surface area (Å²) in [7, 11) is 1.66. The zero-order valence-electron chi connectivity index (χ0n) is 7.79. The van der Waals surface area contributed by atoms with E-state index in [0.29, 0.717) is 6.54 Å². The molecule has 0 aromatic carbocycles. The standard InChI is InChI=1S/C9H14N2O/c1-5-6-11(4)8(12)9(2,3)7-10/h5H,1,6H2,2-4H3. The van der Waals surface area contributed by atoms with Crippen LogP contribution in [0.2, 0.25) is 0 Å². The van der Waals surface area contributed by atoms with Gasteiger partial charge in [-0.05, 0) is 13.8 Å². The van der Waals surface area contributed by atoms with E-state index in [2.05, 4.69) is 6.58 Å². The Hall–Kier alpha value is -1.30. The lowest BCUT2D eigenvalue weighted by atomic mass is 9.94. The summed E-state index contributed by atoms with van der Waals surface area (Å²) in [5, 5.41) is 8.66. The quantitative estimate of drug-likeness (QED) is 0.591. The van der Waals surface area contributed by atoms with Gasteiger partial charge in [-0.1, -0.05) is 6.08 Å². The molecule has 0 aromatic heterocycles. The number of hydrogen-bond acceptors (Lipinski definition) is 2. The van der Waals surface area contributed by atoms with Crippen molar-refractivity contribution < 1.29 is 4.79 Å². The molecule has 66 valence electrons. The molecule has 3 nitrogen and oxygen atoms in total. The Bertz CT molecular complexity index is 225. The van der Waals surface area contributed by atoms with Crippen molar-refractivity contribution in [2.45, 2.75) is 13.8 Å². The number of amides is 1. The lowest BCUT2D eigenvalue weighted by Gasteiger charge is -2.22. The molecular weight excluding hydrogens is 152 g/mol. The summed E-state index contributed by atoms with van der Waals surface area (Å²) < 4.78 is 0. The second kappa shape index (κ2) is 3.91. The molecule has 0 spiro atoms. The number of rotatable bonds is 3. The second-order valence-electron chi connectivity index (χ2n) is 3.21. The molecule has 0 atom stereocenters. The zero-order chi connectivity index (χ0) is 9.78. The van der Waals surface area contributed by atoms with Crippen LogP contribution in [-0.2, 0) is 4.79 Å². The maximum absolute atomic E-state index is 11.4. The Balaban J connectivity index is 4.40. The van der Waals surface area contributed by atoms with Gasteiger partial charge in [-0.3, -0.25) is 4.79 Å². The van der Waals surface area contributed by atoms with E-state index >= 15 is 0 Å². The van der Waals surface area contributed by atoms with Crippen LogP contribution in [0.5, 0.6) is 0 Å². The fraction of sp³-hybridized carbons (Fsp3) is 0.556. The summed E-state index contributed by atoms with van der Waals surface area (Å²) >= 11 is 0. The van der Waals surface area contributed by atoms with Crippen molar-refractivity contribution in [2.24, 2.45) is 5.41 Å². The van der Waals surface area contributed by atoms with Crippen molar-refractivity contribution >= 4 is 5.91 Å². The van der Waals surface area contributed by atoms with Gasteiger partial charge in [0, 0.05) is 13.6 Å². The number of carbonyl (C=O) groups excluding carboxylic acids is 1. The van der Waals surface area contributed by atoms with Crippen molar-refractivity contribution in [3.8, 4) is 6.07 Å². The Labute approximate surface area is 73.3 Å². The first-order chi connectivity index (χ1) is 5.45. The van der Waals surface area contributed by atoms with Crippen molar-refractivity contribution in [3.05, 3.63) is 12.7 Å². The summed E-state index contributed by atoms with van der Waals surface area (Å²) in [5.74, 6) is -0.176. The van der Waals surface area contributed by atoms with Crippen LogP contribution in [-0.4, -0.2) is 24.4 Å². The first-order valence-electron chi connectivity index (χ1n) is 3.73. The van der Waals surface area contributed by atoms with Crippen LogP contribution in [0.1, 0.15) is 13.8 Å². The maximum atomic E-state index is 11.4. The number of nitriles is 1. The number of hydrogen-bond donors (Lipinski definition) is 0. The van der Waals surface area contributed by atoms with Crippen LogP contribution in [0.15, 0.2) is 12.7 Å².